The van der Waals surface area contributed by atoms with Crippen molar-refractivity contribution in [3.8, 4) is 0 Å². The molecule has 1 N–H and O–H groups in total. The van der Waals surface area contributed by atoms with Gasteiger partial charge < -0.3 is 10.2 Å². The van der Waals surface area contributed by atoms with Crippen LogP contribution in [-0.4, -0.2) is 29.8 Å². The van der Waals surface area contributed by atoms with E-state index in [1.807, 2.05) is 6.54 Å². The molecule has 19 heavy (non-hydrogen) atoms. The summed E-state index contributed by atoms with van der Waals surface area (Å²) in [6.07, 6.45) is 9.36. The van der Waals surface area contributed by atoms with Gasteiger partial charge in [-0.15, -0.1) is 0 Å². The van der Waals surface area contributed by atoms with Crippen LogP contribution in [0.1, 0.15) is 57.8 Å². The van der Waals surface area contributed by atoms with Gasteiger partial charge in [0.25, 0.3) is 0 Å². The molecule has 0 spiro atoms. The molecule has 1 heterocycles. The second-order valence-corrected chi connectivity index (χ2v) is 5.72. The van der Waals surface area contributed by atoms with Gasteiger partial charge in [-0.2, -0.15) is 0 Å². The van der Waals surface area contributed by atoms with E-state index >= 15 is 0 Å². The first-order chi connectivity index (χ1) is 9.25. The number of carbonyl (C=O) groups is 2. The summed E-state index contributed by atoms with van der Waals surface area (Å²) in [5, 5.41) is 2.88. The number of nitrogens with one attached hydrogen (secondary N) is 1. The molecule has 1 aliphatic heterocycles. The highest BCUT2D eigenvalue weighted by molar-refractivity contribution is 5.79. The zero-order chi connectivity index (χ0) is 13.5. The molecular weight excluding hydrogens is 240 g/mol. The molecule has 1 saturated carbocycles. The molecule has 2 aliphatic rings. The minimum atomic E-state index is 0.116. The van der Waals surface area contributed by atoms with Crippen molar-refractivity contribution in [3.63, 3.8) is 0 Å². The van der Waals surface area contributed by atoms with Gasteiger partial charge in [-0.1, -0.05) is 19.3 Å². The van der Waals surface area contributed by atoms with Gasteiger partial charge in [0.15, 0.2) is 0 Å². The quantitative estimate of drug-likeness (QED) is 0.829. The Labute approximate surface area is 115 Å². The fraction of sp³-hybridized carbons (Fsp3) is 0.800. The van der Waals surface area contributed by atoms with Gasteiger partial charge in [-0.25, -0.2) is 0 Å². The number of amides is 2. The fourth-order valence-electron chi connectivity index (χ4n) is 3.00. The highest BCUT2D eigenvalue weighted by Gasteiger charge is 2.19. The molecule has 2 fully saturated rings. The second-order valence-electron chi connectivity index (χ2n) is 5.72. The van der Waals surface area contributed by atoms with Crippen molar-refractivity contribution >= 4 is 11.8 Å². The lowest BCUT2D eigenvalue weighted by atomic mass is 9.87. The Morgan fingerprint density at radius 2 is 1.95 bits per heavy atom. The number of hydrogen-bond acceptors (Lipinski definition) is 2. The molecule has 1 aliphatic carbocycles. The van der Waals surface area contributed by atoms with Crippen LogP contribution in [0.5, 0.6) is 0 Å². The zero-order valence-electron chi connectivity index (χ0n) is 11.7. The Kier molecular flexibility index (Phi) is 5.67. The predicted molar refractivity (Wildman–Crippen MR) is 74.1 cm³/mol. The number of carbonyl (C=O) groups excluding carboxylic acids is 2. The summed E-state index contributed by atoms with van der Waals surface area (Å²) >= 11 is 0. The van der Waals surface area contributed by atoms with E-state index in [-0.39, 0.29) is 11.8 Å². The van der Waals surface area contributed by atoms with E-state index in [0.29, 0.717) is 25.3 Å². The molecule has 0 aromatic heterocycles. The van der Waals surface area contributed by atoms with E-state index in [2.05, 4.69) is 5.32 Å². The Hall–Kier alpha value is -1.06. The lowest BCUT2D eigenvalue weighted by Gasteiger charge is -2.21. The van der Waals surface area contributed by atoms with Gasteiger partial charge in [0.1, 0.15) is 0 Å². The molecular formula is C15H25N2O2. The molecule has 1 radical (unpaired) electrons. The van der Waals surface area contributed by atoms with Crippen LogP contribution < -0.4 is 5.32 Å². The van der Waals surface area contributed by atoms with Crippen molar-refractivity contribution in [2.24, 2.45) is 5.92 Å². The molecule has 2 rings (SSSR count). The first-order valence-electron chi connectivity index (χ1n) is 7.65. The van der Waals surface area contributed by atoms with Crippen molar-refractivity contribution in [2.75, 3.05) is 13.1 Å². The lowest BCUT2D eigenvalue weighted by molar-refractivity contribution is -0.129. The lowest BCUT2D eigenvalue weighted by Crippen LogP contribution is -2.32. The first kappa shape index (κ1) is 14.4. The second kappa shape index (κ2) is 7.51. The van der Waals surface area contributed by atoms with Gasteiger partial charge in [-0.3, -0.25) is 9.59 Å². The highest BCUT2D eigenvalue weighted by Crippen LogP contribution is 2.26. The summed E-state index contributed by atoms with van der Waals surface area (Å²) in [5.41, 5.74) is 0. The molecule has 0 aromatic carbocycles. The van der Waals surface area contributed by atoms with Crippen molar-refractivity contribution < 1.29 is 9.59 Å². The van der Waals surface area contributed by atoms with E-state index in [1.54, 1.807) is 4.90 Å². The first-order valence-corrected chi connectivity index (χ1v) is 7.65. The Balaban J connectivity index is 1.56. The van der Waals surface area contributed by atoms with Crippen LogP contribution in [0.4, 0.5) is 0 Å². The fourth-order valence-corrected chi connectivity index (χ4v) is 3.00. The maximum absolute atomic E-state index is 11.8. The zero-order valence-corrected chi connectivity index (χ0v) is 11.7. The molecule has 1 saturated heterocycles. The number of likely N-dealkylation sites (tertiary alicyclic amines) is 1. The minimum absolute atomic E-state index is 0.116. The Morgan fingerprint density at radius 3 is 2.63 bits per heavy atom. The predicted octanol–water partition coefficient (Wildman–Crippen LogP) is 2.25. The Morgan fingerprint density at radius 1 is 1.16 bits per heavy atom. The number of hydrogen-bond donors (Lipinski definition) is 1. The van der Waals surface area contributed by atoms with Crippen LogP contribution in [-0.2, 0) is 9.59 Å². The van der Waals surface area contributed by atoms with Gasteiger partial charge in [0.05, 0.1) is 6.54 Å². The average molecular weight is 265 g/mol. The van der Waals surface area contributed by atoms with E-state index in [4.69, 9.17) is 0 Å². The summed E-state index contributed by atoms with van der Waals surface area (Å²) in [6.45, 7) is 3.29. The van der Waals surface area contributed by atoms with Crippen LogP contribution in [0.3, 0.4) is 0 Å². The van der Waals surface area contributed by atoms with Crippen LogP contribution in [0, 0.1) is 12.5 Å². The molecule has 2 amide bonds. The van der Waals surface area contributed by atoms with Crippen molar-refractivity contribution in [1.82, 2.24) is 10.2 Å². The van der Waals surface area contributed by atoms with Crippen molar-refractivity contribution in [2.45, 2.75) is 57.8 Å². The van der Waals surface area contributed by atoms with Crippen molar-refractivity contribution in [3.05, 3.63) is 6.54 Å². The topological polar surface area (TPSA) is 49.4 Å². The monoisotopic (exact) mass is 265 g/mol. The maximum Gasteiger partial charge on any atom is 0.224 e. The average Bonchev–Trinajstić information content (AvgIpc) is 2.93. The largest absolute Gasteiger partial charge is 0.356 e. The summed E-state index contributed by atoms with van der Waals surface area (Å²) in [7, 11) is 0. The van der Waals surface area contributed by atoms with Crippen LogP contribution in [0.25, 0.3) is 0 Å². The van der Waals surface area contributed by atoms with Gasteiger partial charge in [0, 0.05) is 25.9 Å². The molecule has 4 heteroatoms. The molecule has 0 atom stereocenters. The van der Waals surface area contributed by atoms with Crippen LogP contribution in [0.2, 0.25) is 0 Å². The van der Waals surface area contributed by atoms with Gasteiger partial charge in [0.2, 0.25) is 11.8 Å². The standard InChI is InChI=1S/C15H25N2O2/c18-14(12-13-6-2-1-3-7-13)16-9-8-15(19)17-10-4-5-11-17/h10,13H,1-9,11-12H2,(H,16,18). The summed E-state index contributed by atoms with van der Waals surface area (Å²) in [4.78, 5) is 25.3. The molecule has 107 valence electrons. The third-order valence-electron chi connectivity index (χ3n) is 4.13. The number of nitrogens with zero attached hydrogens (tertiary/aromatic N) is 1. The van der Waals surface area contributed by atoms with E-state index in [1.165, 1.54) is 32.1 Å². The molecule has 0 unspecified atom stereocenters. The van der Waals surface area contributed by atoms with Crippen LogP contribution >= 0.6 is 0 Å². The summed E-state index contributed by atoms with van der Waals surface area (Å²) in [5.74, 6) is 0.817. The van der Waals surface area contributed by atoms with Gasteiger partial charge in [-0.05, 0) is 31.6 Å². The number of rotatable bonds is 5. The molecule has 0 aromatic rings. The maximum atomic E-state index is 11.8. The van der Waals surface area contributed by atoms with Gasteiger partial charge >= 0.3 is 0 Å². The molecule has 0 bridgehead atoms. The van der Waals surface area contributed by atoms with E-state index in [9.17, 15) is 9.59 Å². The van der Waals surface area contributed by atoms with Crippen LogP contribution in [0.15, 0.2) is 0 Å². The highest BCUT2D eigenvalue weighted by atomic mass is 16.2. The SMILES string of the molecule is O=C(CC1CCCCC1)NCCC(=O)N1[CH]CCC1. The third kappa shape index (κ3) is 4.84. The summed E-state index contributed by atoms with van der Waals surface area (Å²) < 4.78 is 0. The summed E-state index contributed by atoms with van der Waals surface area (Å²) in [6, 6.07) is 0. The normalized spacial score (nSPS) is 20.5. The van der Waals surface area contributed by atoms with E-state index < -0.39 is 0 Å². The third-order valence-corrected chi connectivity index (χ3v) is 4.13. The van der Waals surface area contributed by atoms with Crippen molar-refractivity contribution in [1.29, 1.82) is 0 Å². The molecule has 4 nitrogen and oxygen atoms in total. The smallest absolute Gasteiger partial charge is 0.224 e. The minimum Gasteiger partial charge on any atom is -0.356 e. The van der Waals surface area contributed by atoms with E-state index in [0.717, 1.165) is 19.4 Å². The Bertz CT molecular complexity index is 305.